The highest BCUT2D eigenvalue weighted by Gasteiger charge is 2.24. The molecule has 0 amide bonds. The van der Waals surface area contributed by atoms with Crippen LogP contribution < -0.4 is 4.74 Å². The van der Waals surface area contributed by atoms with Gasteiger partial charge in [0.15, 0.2) is 5.65 Å². The van der Waals surface area contributed by atoms with E-state index in [2.05, 4.69) is 10.1 Å². The van der Waals surface area contributed by atoms with Crippen LogP contribution in [0.25, 0.3) is 5.65 Å². The monoisotopic (exact) mass is 325 g/mol. The predicted octanol–water partition coefficient (Wildman–Crippen LogP) is 3.10. The highest BCUT2D eigenvalue weighted by atomic mass is 16.5. The average Bonchev–Trinajstić information content (AvgIpc) is 3.07. The first-order chi connectivity index (χ1) is 11.6. The minimum atomic E-state index is -0.457. The van der Waals surface area contributed by atoms with E-state index in [1.807, 2.05) is 44.2 Å². The molecule has 0 fully saturated rings. The van der Waals surface area contributed by atoms with E-state index in [4.69, 9.17) is 9.47 Å². The summed E-state index contributed by atoms with van der Waals surface area (Å²) in [5.41, 5.74) is 3.49. The summed E-state index contributed by atoms with van der Waals surface area (Å²) in [7, 11) is 0. The van der Waals surface area contributed by atoms with Crippen LogP contribution in [0.3, 0.4) is 0 Å². The van der Waals surface area contributed by atoms with Crippen LogP contribution in [0.2, 0.25) is 0 Å². The zero-order chi connectivity index (χ0) is 17.1. The number of aromatic nitrogens is 3. The molecule has 0 aliphatic rings. The fourth-order valence-electron chi connectivity index (χ4n) is 2.57. The number of carbonyl (C=O) groups excluding carboxylic acids is 1. The van der Waals surface area contributed by atoms with Crippen LogP contribution >= 0.6 is 0 Å². The molecule has 0 radical (unpaired) electrons. The number of aryl methyl sites for hydroxylation is 1. The second kappa shape index (κ2) is 6.70. The van der Waals surface area contributed by atoms with Gasteiger partial charge in [-0.25, -0.2) is 14.3 Å². The minimum absolute atomic E-state index is 0.282. The maximum atomic E-state index is 12.5. The van der Waals surface area contributed by atoms with E-state index in [-0.39, 0.29) is 6.61 Å². The molecule has 0 atom stereocenters. The van der Waals surface area contributed by atoms with E-state index in [9.17, 15) is 4.79 Å². The highest BCUT2D eigenvalue weighted by molar-refractivity contribution is 5.99. The van der Waals surface area contributed by atoms with Gasteiger partial charge in [0.25, 0.3) is 0 Å². The lowest BCUT2D eigenvalue weighted by Crippen LogP contribution is -2.14. The molecule has 124 valence electrons. The van der Waals surface area contributed by atoms with Gasteiger partial charge in [0, 0.05) is 11.3 Å². The molecule has 0 saturated carbocycles. The van der Waals surface area contributed by atoms with Crippen molar-refractivity contribution in [1.29, 1.82) is 0 Å². The molecule has 0 aliphatic carbocycles. The van der Waals surface area contributed by atoms with Gasteiger partial charge < -0.3 is 9.47 Å². The molecule has 0 unspecified atom stereocenters. The molecular formula is C18H19N3O3. The molecule has 0 aliphatic heterocycles. The SMILES string of the molecule is CCOC(=O)c1c(OCc2ccccc2)c(C)c(C)n2ncnc12. The summed E-state index contributed by atoms with van der Waals surface area (Å²) in [5, 5.41) is 4.18. The number of benzene rings is 1. The third kappa shape index (κ3) is 2.82. The molecule has 2 aromatic heterocycles. The molecule has 0 saturated heterocycles. The van der Waals surface area contributed by atoms with E-state index in [0.29, 0.717) is 23.6 Å². The van der Waals surface area contributed by atoms with Crippen LogP contribution in [0.1, 0.15) is 34.1 Å². The summed E-state index contributed by atoms with van der Waals surface area (Å²) in [5.74, 6) is 0.0389. The highest BCUT2D eigenvalue weighted by Crippen LogP contribution is 2.31. The van der Waals surface area contributed by atoms with Crippen LogP contribution in [0.5, 0.6) is 5.75 Å². The first-order valence-electron chi connectivity index (χ1n) is 7.80. The smallest absolute Gasteiger partial charge is 0.345 e. The van der Waals surface area contributed by atoms with E-state index in [1.54, 1.807) is 11.4 Å². The van der Waals surface area contributed by atoms with Crippen LogP contribution in [0, 0.1) is 13.8 Å². The van der Waals surface area contributed by atoms with E-state index in [1.165, 1.54) is 6.33 Å². The molecule has 2 heterocycles. The van der Waals surface area contributed by atoms with Crippen LogP contribution in [0.15, 0.2) is 36.7 Å². The van der Waals surface area contributed by atoms with Gasteiger partial charge >= 0.3 is 5.97 Å². The summed E-state index contributed by atoms with van der Waals surface area (Å²) in [6.45, 7) is 6.23. The van der Waals surface area contributed by atoms with Crippen molar-refractivity contribution in [2.45, 2.75) is 27.4 Å². The molecule has 0 bridgehead atoms. The summed E-state index contributed by atoms with van der Waals surface area (Å²) in [6.07, 6.45) is 1.42. The molecule has 0 spiro atoms. The Kier molecular flexibility index (Phi) is 4.46. The fourth-order valence-corrected chi connectivity index (χ4v) is 2.57. The molecule has 3 aromatic rings. The van der Waals surface area contributed by atoms with Crippen molar-refractivity contribution in [2.24, 2.45) is 0 Å². The van der Waals surface area contributed by atoms with Crippen LogP contribution in [-0.4, -0.2) is 27.2 Å². The summed E-state index contributed by atoms with van der Waals surface area (Å²) in [4.78, 5) is 16.7. The lowest BCUT2D eigenvalue weighted by molar-refractivity contribution is 0.0522. The Hall–Kier alpha value is -2.89. The molecule has 6 nitrogen and oxygen atoms in total. The third-order valence-electron chi connectivity index (χ3n) is 3.90. The van der Waals surface area contributed by atoms with E-state index < -0.39 is 5.97 Å². The maximum Gasteiger partial charge on any atom is 0.345 e. The maximum absolute atomic E-state index is 12.5. The standard InChI is InChI=1S/C18H19N3O3/c1-4-23-18(22)15-16(24-10-14-8-6-5-7-9-14)12(2)13(3)21-17(15)19-11-20-21/h5-9,11H,4,10H2,1-3H3. The van der Waals surface area contributed by atoms with Crippen molar-refractivity contribution < 1.29 is 14.3 Å². The second-order valence-corrected chi connectivity index (χ2v) is 5.40. The Bertz CT molecular complexity index is 872. The van der Waals surface area contributed by atoms with Crippen molar-refractivity contribution >= 4 is 11.6 Å². The summed E-state index contributed by atoms with van der Waals surface area (Å²) >= 11 is 0. The van der Waals surface area contributed by atoms with Gasteiger partial charge in [-0.2, -0.15) is 5.10 Å². The van der Waals surface area contributed by atoms with Crippen LogP contribution in [-0.2, 0) is 11.3 Å². The van der Waals surface area contributed by atoms with Crippen molar-refractivity contribution in [3.63, 3.8) is 0 Å². The number of hydrogen-bond donors (Lipinski definition) is 0. The Morgan fingerprint density at radius 3 is 2.67 bits per heavy atom. The second-order valence-electron chi connectivity index (χ2n) is 5.40. The normalized spacial score (nSPS) is 10.8. The van der Waals surface area contributed by atoms with Gasteiger partial charge in [0.2, 0.25) is 0 Å². The van der Waals surface area contributed by atoms with Gasteiger partial charge in [-0.15, -0.1) is 0 Å². The molecule has 1 aromatic carbocycles. The van der Waals surface area contributed by atoms with Gasteiger partial charge in [-0.3, -0.25) is 0 Å². The Morgan fingerprint density at radius 2 is 1.96 bits per heavy atom. The lowest BCUT2D eigenvalue weighted by atomic mass is 10.1. The van der Waals surface area contributed by atoms with Crippen molar-refractivity contribution in [2.75, 3.05) is 6.61 Å². The van der Waals surface area contributed by atoms with E-state index >= 15 is 0 Å². The predicted molar refractivity (Wildman–Crippen MR) is 89.2 cm³/mol. The Morgan fingerprint density at radius 1 is 1.21 bits per heavy atom. The zero-order valence-corrected chi connectivity index (χ0v) is 13.9. The van der Waals surface area contributed by atoms with Gasteiger partial charge in [0.1, 0.15) is 24.2 Å². The van der Waals surface area contributed by atoms with Crippen LogP contribution in [0.4, 0.5) is 0 Å². The quantitative estimate of drug-likeness (QED) is 0.674. The van der Waals surface area contributed by atoms with Gasteiger partial charge in [-0.1, -0.05) is 30.3 Å². The number of carbonyl (C=O) groups is 1. The molecule has 24 heavy (non-hydrogen) atoms. The minimum Gasteiger partial charge on any atom is -0.488 e. The number of ether oxygens (including phenoxy) is 2. The molecule has 3 rings (SSSR count). The first kappa shape index (κ1) is 16.0. The first-order valence-corrected chi connectivity index (χ1v) is 7.80. The number of nitrogens with zero attached hydrogens (tertiary/aromatic N) is 3. The largest absolute Gasteiger partial charge is 0.488 e. The van der Waals surface area contributed by atoms with Gasteiger partial charge in [0.05, 0.1) is 6.61 Å². The molecule has 0 N–H and O–H groups in total. The summed E-state index contributed by atoms with van der Waals surface area (Å²) < 4.78 is 12.8. The number of rotatable bonds is 5. The molecule has 6 heteroatoms. The van der Waals surface area contributed by atoms with Crippen molar-refractivity contribution in [3.05, 3.63) is 59.0 Å². The zero-order valence-electron chi connectivity index (χ0n) is 13.9. The van der Waals surface area contributed by atoms with E-state index in [0.717, 1.165) is 16.8 Å². The fraction of sp³-hybridized carbons (Fsp3) is 0.278. The van der Waals surface area contributed by atoms with Crippen molar-refractivity contribution in [1.82, 2.24) is 14.6 Å². The number of fused-ring (bicyclic) bond motifs is 1. The third-order valence-corrected chi connectivity index (χ3v) is 3.90. The lowest BCUT2D eigenvalue weighted by Gasteiger charge is -2.16. The summed E-state index contributed by atoms with van der Waals surface area (Å²) in [6, 6.07) is 9.80. The average molecular weight is 325 g/mol. The number of esters is 1. The van der Waals surface area contributed by atoms with Gasteiger partial charge in [-0.05, 0) is 26.3 Å². The number of hydrogen-bond acceptors (Lipinski definition) is 5. The number of pyridine rings is 1. The Balaban J connectivity index is 2.08. The molecular weight excluding hydrogens is 306 g/mol. The topological polar surface area (TPSA) is 65.7 Å². The Labute approximate surface area is 140 Å². The van der Waals surface area contributed by atoms with Crippen molar-refractivity contribution in [3.8, 4) is 5.75 Å².